The third-order valence-electron chi connectivity index (χ3n) is 3.08. The maximum absolute atomic E-state index is 12.4. The van der Waals surface area contributed by atoms with Gasteiger partial charge in [0, 0.05) is 37.8 Å². The van der Waals surface area contributed by atoms with E-state index < -0.39 is 14.9 Å². The first-order chi connectivity index (χ1) is 8.93. The average molecular weight is 285 g/mol. The average Bonchev–Trinajstić information content (AvgIpc) is 2.39. The van der Waals surface area contributed by atoms with E-state index in [2.05, 4.69) is 5.32 Å². The molecule has 0 aromatic heterocycles. The lowest BCUT2D eigenvalue weighted by atomic mass is 10.3. The summed E-state index contributed by atoms with van der Waals surface area (Å²) in [4.78, 5) is 10.1. The highest BCUT2D eigenvalue weighted by Gasteiger charge is 2.31. The monoisotopic (exact) mass is 285 g/mol. The molecule has 1 aromatic carbocycles. The zero-order valence-electron chi connectivity index (χ0n) is 10.4. The molecule has 1 aromatic rings. The van der Waals surface area contributed by atoms with Crippen LogP contribution in [0.3, 0.4) is 0 Å². The second-order valence-electron chi connectivity index (χ2n) is 4.42. The Hall–Kier alpha value is -1.51. The zero-order chi connectivity index (χ0) is 14.0. The SMILES string of the molecule is C[C@H]1CNCCN1S(=O)(=O)c1cccc([N+](=O)[O-])c1. The van der Waals surface area contributed by atoms with E-state index in [1.807, 2.05) is 0 Å². The fourth-order valence-electron chi connectivity index (χ4n) is 2.07. The topological polar surface area (TPSA) is 92.6 Å². The Morgan fingerprint density at radius 3 is 2.84 bits per heavy atom. The molecule has 0 unspecified atom stereocenters. The Balaban J connectivity index is 2.38. The van der Waals surface area contributed by atoms with Crippen molar-refractivity contribution in [2.75, 3.05) is 19.6 Å². The van der Waals surface area contributed by atoms with Gasteiger partial charge in [-0.05, 0) is 13.0 Å². The van der Waals surface area contributed by atoms with Crippen molar-refractivity contribution in [2.24, 2.45) is 0 Å². The molecule has 1 aliphatic rings. The molecule has 1 fully saturated rings. The lowest BCUT2D eigenvalue weighted by Gasteiger charge is -2.32. The van der Waals surface area contributed by atoms with Crippen molar-refractivity contribution >= 4 is 15.7 Å². The predicted molar refractivity (Wildman–Crippen MR) is 69.3 cm³/mol. The highest BCUT2D eigenvalue weighted by Crippen LogP contribution is 2.22. The van der Waals surface area contributed by atoms with Crippen LogP contribution in [-0.4, -0.2) is 43.3 Å². The van der Waals surface area contributed by atoms with Gasteiger partial charge in [0.15, 0.2) is 0 Å². The number of nitrogens with one attached hydrogen (secondary N) is 1. The van der Waals surface area contributed by atoms with Crippen molar-refractivity contribution in [3.05, 3.63) is 34.4 Å². The van der Waals surface area contributed by atoms with Gasteiger partial charge in [-0.15, -0.1) is 0 Å². The first-order valence-electron chi connectivity index (χ1n) is 5.90. The van der Waals surface area contributed by atoms with Crippen molar-refractivity contribution in [2.45, 2.75) is 17.9 Å². The van der Waals surface area contributed by atoms with Crippen molar-refractivity contribution < 1.29 is 13.3 Å². The standard InChI is InChI=1S/C11H15N3O4S/c1-9-8-12-5-6-13(9)19(17,18)11-4-2-3-10(7-11)14(15)16/h2-4,7,9,12H,5-6,8H2,1H3/t9-/m0/s1. The molecule has 1 atom stereocenters. The Morgan fingerprint density at radius 2 is 2.21 bits per heavy atom. The van der Waals surface area contributed by atoms with Gasteiger partial charge in [-0.3, -0.25) is 10.1 Å². The van der Waals surface area contributed by atoms with Crippen LogP contribution >= 0.6 is 0 Å². The van der Waals surface area contributed by atoms with Gasteiger partial charge in [0.25, 0.3) is 5.69 Å². The minimum Gasteiger partial charge on any atom is -0.314 e. The molecular formula is C11H15N3O4S. The van der Waals surface area contributed by atoms with Crippen molar-refractivity contribution in [3.63, 3.8) is 0 Å². The highest BCUT2D eigenvalue weighted by atomic mass is 32.2. The fraction of sp³-hybridized carbons (Fsp3) is 0.455. The van der Waals surface area contributed by atoms with Gasteiger partial charge >= 0.3 is 0 Å². The van der Waals surface area contributed by atoms with Gasteiger partial charge in [0.1, 0.15) is 0 Å². The first-order valence-corrected chi connectivity index (χ1v) is 7.34. The van der Waals surface area contributed by atoms with E-state index in [-0.39, 0.29) is 16.6 Å². The molecule has 2 rings (SSSR count). The van der Waals surface area contributed by atoms with E-state index in [1.165, 1.54) is 22.5 Å². The minimum atomic E-state index is -3.68. The van der Waals surface area contributed by atoms with Crippen molar-refractivity contribution in [1.29, 1.82) is 0 Å². The molecule has 1 heterocycles. The third-order valence-corrected chi connectivity index (χ3v) is 5.08. The lowest BCUT2D eigenvalue weighted by molar-refractivity contribution is -0.385. The quantitative estimate of drug-likeness (QED) is 0.647. The van der Waals surface area contributed by atoms with Gasteiger partial charge in [-0.2, -0.15) is 4.31 Å². The summed E-state index contributed by atoms with van der Waals surface area (Å²) >= 11 is 0. The van der Waals surface area contributed by atoms with Gasteiger partial charge in [-0.1, -0.05) is 6.07 Å². The first kappa shape index (κ1) is 13.9. The molecule has 1 N–H and O–H groups in total. The second kappa shape index (κ2) is 5.24. The summed E-state index contributed by atoms with van der Waals surface area (Å²) in [5.74, 6) is 0. The summed E-state index contributed by atoms with van der Waals surface area (Å²) in [7, 11) is -3.68. The molecule has 19 heavy (non-hydrogen) atoms. The van der Waals surface area contributed by atoms with E-state index >= 15 is 0 Å². The molecule has 0 spiro atoms. The van der Waals surface area contributed by atoms with E-state index in [4.69, 9.17) is 0 Å². The number of benzene rings is 1. The van der Waals surface area contributed by atoms with E-state index in [0.29, 0.717) is 19.6 Å². The van der Waals surface area contributed by atoms with Crippen LogP contribution in [0.1, 0.15) is 6.92 Å². The molecule has 0 saturated carbocycles. The molecule has 1 aliphatic heterocycles. The summed E-state index contributed by atoms with van der Waals surface area (Å²) in [5, 5.41) is 13.8. The Bertz CT molecular complexity index is 587. The van der Waals surface area contributed by atoms with Crippen LogP contribution < -0.4 is 5.32 Å². The van der Waals surface area contributed by atoms with Gasteiger partial charge in [0.05, 0.1) is 9.82 Å². The van der Waals surface area contributed by atoms with Crippen LogP contribution in [0.2, 0.25) is 0 Å². The number of hydrogen-bond donors (Lipinski definition) is 1. The summed E-state index contributed by atoms with van der Waals surface area (Å²) in [6.45, 7) is 3.33. The molecule has 104 valence electrons. The van der Waals surface area contributed by atoms with E-state index in [1.54, 1.807) is 6.92 Å². The second-order valence-corrected chi connectivity index (χ2v) is 6.31. The smallest absolute Gasteiger partial charge is 0.270 e. The Labute approximate surface area is 111 Å². The van der Waals surface area contributed by atoms with Crippen LogP contribution in [0.15, 0.2) is 29.2 Å². The van der Waals surface area contributed by atoms with Crippen LogP contribution in [0, 0.1) is 10.1 Å². The number of nitro benzene ring substituents is 1. The molecule has 0 radical (unpaired) electrons. The van der Waals surface area contributed by atoms with Crippen LogP contribution in [0.5, 0.6) is 0 Å². The molecular weight excluding hydrogens is 270 g/mol. The molecule has 8 heteroatoms. The largest absolute Gasteiger partial charge is 0.314 e. The van der Waals surface area contributed by atoms with Crippen molar-refractivity contribution in [1.82, 2.24) is 9.62 Å². The number of nitro groups is 1. The number of piperazine rings is 1. The van der Waals surface area contributed by atoms with Gasteiger partial charge in [0.2, 0.25) is 10.0 Å². The van der Waals surface area contributed by atoms with Gasteiger partial charge < -0.3 is 5.32 Å². The number of hydrogen-bond acceptors (Lipinski definition) is 5. The molecule has 0 bridgehead atoms. The van der Waals surface area contributed by atoms with Crippen molar-refractivity contribution in [3.8, 4) is 0 Å². The van der Waals surface area contributed by atoms with Crippen LogP contribution in [0.25, 0.3) is 0 Å². The zero-order valence-corrected chi connectivity index (χ0v) is 11.3. The van der Waals surface area contributed by atoms with Gasteiger partial charge in [-0.25, -0.2) is 8.42 Å². The number of nitrogens with zero attached hydrogens (tertiary/aromatic N) is 2. The molecule has 0 aliphatic carbocycles. The summed E-state index contributed by atoms with van der Waals surface area (Å²) in [6, 6.07) is 4.98. The molecule has 0 amide bonds. The summed E-state index contributed by atoms with van der Waals surface area (Å²) < 4.78 is 26.3. The maximum atomic E-state index is 12.4. The lowest BCUT2D eigenvalue weighted by Crippen LogP contribution is -2.52. The number of rotatable bonds is 3. The normalized spacial score (nSPS) is 21.2. The highest BCUT2D eigenvalue weighted by molar-refractivity contribution is 7.89. The maximum Gasteiger partial charge on any atom is 0.270 e. The molecule has 7 nitrogen and oxygen atoms in total. The molecule has 1 saturated heterocycles. The Kier molecular flexibility index (Phi) is 3.83. The summed E-state index contributed by atoms with van der Waals surface area (Å²) in [6.07, 6.45) is 0. The predicted octanol–water partition coefficient (Wildman–Crippen LogP) is 0.577. The van der Waals surface area contributed by atoms with Crippen LogP contribution in [-0.2, 0) is 10.0 Å². The third kappa shape index (κ3) is 2.75. The van der Waals surface area contributed by atoms with E-state index in [0.717, 1.165) is 6.07 Å². The number of sulfonamides is 1. The number of non-ortho nitro benzene ring substituents is 1. The van der Waals surface area contributed by atoms with E-state index in [9.17, 15) is 18.5 Å². The fourth-order valence-corrected chi connectivity index (χ4v) is 3.74. The summed E-state index contributed by atoms with van der Waals surface area (Å²) in [5.41, 5.74) is -0.219. The van der Waals surface area contributed by atoms with Crippen LogP contribution in [0.4, 0.5) is 5.69 Å². The minimum absolute atomic E-state index is 0.0320. The Morgan fingerprint density at radius 1 is 1.47 bits per heavy atom.